The molecule has 0 bridgehead atoms. The first-order valence-corrected chi connectivity index (χ1v) is 9.18. The van der Waals surface area contributed by atoms with Gasteiger partial charge in [0.25, 0.3) is 5.91 Å². The van der Waals surface area contributed by atoms with Crippen LogP contribution >= 0.6 is 0 Å². The number of anilines is 1. The third kappa shape index (κ3) is 2.89. The SMILES string of the molecule is O=C(Nc1cc2cn(C3CCNCC3)nc2cc1F)c1cnn2cccnc12. The fourth-order valence-corrected chi connectivity index (χ4v) is 3.60. The lowest BCUT2D eigenvalue weighted by Crippen LogP contribution is -2.29. The normalized spacial score (nSPS) is 15.3. The van der Waals surface area contributed by atoms with Crippen LogP contribution in [0.1, 0.15) is 29.2 Å². The number of halogens is 1. The molecule has 1 fully saturated rings. The number of carbonyl (C=O) groups is 1. The quantitative estimate of drug-likeness (QED) is 0.571. The Morgan fingerprint density at radius 1 is 1.29 bits per heavy atom. The summed E-state index contributed by atoms with van der Waals surface area (Å²) >= 11 is 0. The molecule has 0 aliphatic carbocycles. The molecule has 0 radical (unpaired) electrons. The van der Waals surface area contributed by atoms with E-state index in [9.17, 15) is 9.18 Å². The Morgan fingerprint density at radius 2 is 2.14 bits per heavy atom. The number of nitrogens with zero attached hydrogens (tertiary/aromatic N) is 5. The monoisotopic (exact) mass is 379 g/mol. The summed E-state index contributed by atoms with van der Waals surface area (Å²) in [7, 11) is 0. The van der Waals surface area contributed by atoms with Gasteiger partial charge in [0.15, 0.2) is 5.65 Å². The van der Waals surface area contributed by atoms with Crippen molar-refractivity contribution in [3.8, 4) is 0 Å². The fourth-order valence-electron chi connectivity index (χ4n) is 3.60. The first-order chi connectivity index (χ1) is 13.7. The van der Waals surface area contributed by atoms with Gasteiger partial charge in [-0.2, -0.15) is 10.2 Å². The van der Waals surface area contributed by atoms with Gasteiger partial charge in [-0.15, -0.1) is 0 Å². The second-order valence-corrected chi connectivity index (χ2v) is 6.88. The molecule has 9 heteroatoms. The van der Waals surface area contributed by atoms with Gasteiger partial charge in [0.2, 0.25) is 0 Å². The Labute approximate surface area is 159 Å². The molecule has 1 saturated heterocycles. The highest BCUT2D eigenvalue weighted by atomic mass is 19.1. The first kappa shape index (κ1) is 16.8. The van der Waals surface area contributed by atoms with E-state index < -0.39 is 11.7 Å². The molecule has 4 heterocycles. The molecule has 0 atom stereocenters. The Morgan fingerprint density at radius 3 is 3.00 bits per heavy atom. The summed E-state index contributed by atoms with van der Waals surface area (Å²) in [6.07, 6.45) is 8.58. The highest BCUT2D eigenvalue weighted by molar-refractivity contribution is 6.08. The molecule has 1 aliphatic rings. The lowest BCUT2D eigenvalue weighted by molar-refractivity contribution is 0.102. The van der Waals surface area contributed by atoms with Gasteiger partial charge >= 0.3 is 0 Å². The van der Waals surface area contributed by atoms with Gasteiger partial charge < -0.3 is 10.6 Å². The Bertz CT molecular complexity index is 1180. The van der Waals surface area contributed by atoms with Crippen molar-refractivity contribution >= 4 is 28.1 Å². The highest BCUT2D eigenvalue weighted by Gasteiger charge is 2.19. The van der Waals surface area contributed by atoms with Crippen molar-refractivity contribution in [1.29, 1.82) is 0 Å². The molecule has 0 saturated carbocycles. The molecule has 3 aromatic heterocycles. The number of carbonyl (C=O) groups excluding carboxylic acids is 1. The molecule has 1 aromatic carbocycles. The van der Waals surface area contributed by atoms with E-state index in [0.29, 0.717) is 17.2 Å². The number of aromatic nitrogens is 5. The smallest absolute Gasteiger partial charge is 0.261 e. The van der Waals surface area contributed by atoms with Crippen LogP contribution in [-0.4, -0.2) is 43.4 Å². The van der Waals surface area contributed by atoms with Crippen molar-refractivity contribution < 1.29 is 9.18 Å². The third-order valence-corrected chi connectivity index (χ3v) is 5.07. The molecule has 0 unspecified atom stereocenters. The van der Waals surface area contributed by atoms with E-state index in [1.165, 1.54) is 16.8 Å². The van der Waals surface area contributed by atoms with Crippen molar-refractivity contribution in [1.82, 2.24) is 29.7 Å². The van der Waals surface area contributed by atoms with Gasteiger partial charge in [-0.25, -0.2) is 13.9 Å². The number of amides is 1. The minimum Gasteiger partial charge on any atom is -0.319 e. The van der Waals surface area contributed by atoms with Crippen LogP contribution in [0.5, 0.6) is 0 Å². The van der Waals surface area contributed by atoms with Crippen molar-refractivity contribution in [3.63, 3.8) is 0 Å². The van der Waals surface area contributed by atoms with Crippen LogP contribution in [0, 0.1) is 5.82 Å². The number of fused-ring (bicyclic) bond motifs is 2. The van der Waals surface area contributed by atoms with E-state index in [2.05, 4.69) is 25.8 Å². The zero-order valence-corrected chi connectivity index (χ0v) is 15.0. The fraction of sp³-hybridized carbons (Fsp3) is 0.263. The van der Waals surface area contributed by atoms with Crippen molar-refractivity contribution in [2.75, 3.05) is 18.4 Å². The topological polar surface area (TPSA) is 89.1 Å². The standard InChI is InChI=1S/C19H18FN7O/c20-15-9-16-12(11-27(25-16)13-2-5-21-6-3-13)8-17(15)24-19(28)14-10-23-26-7-1-4-22-18(14)26/h1,4,7-11,13,21H,2-3,5-6H2,(H,24,28). The summed E-state index contributed by atoms with van der Waals surface area (Å²) < 4.78 is 18.0. The van der Waals surface area contributed by atoms with Crippen LogP contribution in [0.25, 0.3) is 16.6 Å². The average Bonchev–Trinajstić information content (AvgIpc) is 3.33. The van der Waals surface area contributed by atoms with Gasteiger partial charge in [0.05, 0.1) is 23.4 Å². The molecule has 142 valence electrons. The van der Waals surface area contributed by atoms with Crippen LogP contribution in [0.2, 0.25) is 0 Å². The van der Waals surface area contributed by atoms with Gasteiger partial charge in [-0.1, -0.05) is 0 Å². The van der Waals surface area contributed by atoms with Gasteiger partial charge in [-0.05, 0) is 38.1 Å². The highest BCUT2D eigenvalue weighted by Crippen LogP contribution is 2.26. The van der Waals surface area contributed by atoms with Crippen LogP contribution in [0.4, 0.5) is 10.1 Å². The van der Waals surface area contributed by atoms with Crippen molar-refractivity contribution in [3.05, 3.63) is 54.4 Å². The maximum absolute atomic E-state index is 14.6. The summed E-state index contributed by atoms with van der Waals surface area (Å²) in [6.45, 7) is 1.90. The summed E-state index contributed by atoms with van der Waals surface area (Å²) in [6, 6.07) is 5.00. The number of hydrogen-bond donors (Lipinski definition) is 2. The van der Waals surface area contributed by atoms with Crippen LogP contribution in [-0.2, 0) is 0 Å². The number of hydrogen-bond acceptors (Lipinski definition) is 5. The summed E-state index contributed by atoms with van der Waals surface area (Å²) in [5.74, 6) is -0.987. The Hall–Kier alpha value is -3.33. The number of rotatable bonds is 3. The van der Waals surface area contributed by atoms with Crippen LogP contribution in [0.3, 0.4) is 0 Å². The van der Waals surface area contributed by atoms with Gasteiger partial charge in [0, 0.05) is 30.0 Å². The number of nitrogens with one attached hydrogen (secondary N) is 2. The van der Waals surface area contributed by atoms with Gasteiger partial charge in [0.1, 0.15) is 11.4 Å². The summed E-state index contributed by atoms with van der Waals surface area (Å²) in [4.78, 5) is 16.8. The van der Waals surface area contributed by atoms with Crippen LogP contribution < -0.4 is 10.6 Å². The van der Waals surface area contributed by atoms with E-state index in [1.807, 2.05) is 10.9 Å². The van der Waals surface area contributed by atoms with Crippen molar-refractivity contribution in [2.45, 2.75) is 18.9 Å². The Kier molecular flexibility index (Phi) is 4.01. The zero-order valence-electron chi connectivity index (χ0n) is 15.0. The minimum atomic E-state index is -0.527. The van der Waals surface area contributed by atoms with E-state index in [-0.39, 0.29) is 11.3 Å². The summed E-state index contributed by atoms with van der Waals surface area (Å²) in [5, 5.41) is 15.4. The predicted octanol–water partition coefficient (Wildman–Crippen LogP) is 2.39. The molecule has 4 aromatic rings. The van der Waals surface area contributed by atoms with E-state index in [1.54, 1.807) is 24.5 Å². The molecule has 8 nitrogen and oxygen atoms in total. The maximum atomic E-state index is 14.6. The van der Waals surface area contributed by atoms with Gasteiger partial charge in [-0.3, -0.25) is 9.48 Å². The minimum absolute atomic E-state index is 0.109. The number of piperidine rings is 1. The summed E-state index contributed by atoms with van der Waals surface area (Å²) in [5.41, 5.74) is 1.38. The largest absolute Gasteiger partial charge is 0.319 e. The lowest BCUT2D eigenvalue weighted by Gasteiger charge is -2.22. The first-order valence-electron chi connectivity index (χ1n) is 9.18. The lowest BCUT2D eigenvalue weighted by atomic mass is 10.1. The second-order valence-electron chi connectivity index (χ2n) is 6.88. The Balaban J connectivity index is 1.45. The molecule has 1 aliphatic heterocycles. The molecule has 1 amide bonds. The molecular weight excluding hydrogens is 361 g/mol. The van der Waals surface area contributed by atoms with E-state index in [4.69, 9.17) is 0 Å². The van der Waals surface area contributed by atoms with Crippen LogP contribution in [0.15, 0.2) is 43.0 Å². The molecule has 5 rings (SSSR count). The van der Waals surface area contributed by atoms with E-state index in [0.717, 1.165) is 31.3 Å². The van der Waals surface area contributed by atoms with E-state index >= 15 is 0 Å². The number of benzene rings is 1. The molecular formula is C19H18FN7O. The average molecular weight is 379 g/mol. The van der Waals surface area contributed by atoms with Crippen molar-refractivity contribution in [2.24, 2.45) is 0 Å². The predicted molar refractivity (Wildman–Crippen MR) is 102 cm³/mol. The maximum Gasteiger partial charge on any atom is 0.261 e. The molecule has 28 heavy (non-hydrogen) atoms. The molecule has 2 N–H and O–H groups in total. The molecule has 0 spiro atoms. The second kappa shape index (κ2) is 6.68. The third-order valence-electron chi connectivity index (χ3n) is 5.07. The zero-order chi connectivity index (χ0) is 19.1.